The number of carbonyl (C=O) groups is 3. The zero-order valence-corrected chi connectivity index (χ0v) is 21.9. The van der Waals surface area contributed by atoms with E-state index in [4.69, 9.17) is 10.5 Å². The standard InChI is InChI=1S/C29H32N2O8/c1-4-39-19-8-6-5-7-15(19)14-9-10-18(32)21-16(14)11-13-12-17-23(31(2)3)25(34)22(28(30)37)27(36)29(17,38)26(35)20(13)24(21)33/h5-10,13,17,22-23,25,32-34,38H,4,11-12H2,1-3H3,(H2,30,37)/t13-,17-,22?,23-,25?,29-/m0/s1. The van der Waals surface area contributed by atoms with Gasteiger partial charge in [0.05, 0.1) is 18.3 Å². The number of ketones is 2. The van der Waals surface area contributed by atoms with Crippen LogP contribution in [-0.4, -0.2) is 81.2 Å². The minimum absolute atomic E-state index is 0.0411. The first kappa shape index (κ1) is 26.9. The Kier molecular flexibility index (Phi) is 6.53. The molecule has 0 aliphatic heterocycles. The Labute approximate surface area is 225 Å². The molecule has 0 heterocycles. The number of nitrogens with zero attached hydrogens (tertiary/aromatic N) is 1. The van der Waals surface area contributed by atoms with E-state index in [0.717, 1.165) is 5.56 Å². The maximum atomic E-state index is 14.0. The van der Waals surface area contributed by atoms with Gasteiger partial charge in [0, 0.05) is 23.1 Å². The summed E-state index contributed by atoms with van der Waals surface area (Å²) >= 11 is 0. The van der Waals surface area contributed by atoms with Crippen molar-refractivity contribution in [3.05, 3.63) is 53.1 Å². The third kappa shape index (κ3) is 3.77. The van der Waals surface area contributed by atoms with Crippen molar-refractivity contribution in [3.8, 4) is 22.6 Å². The van der Waals surface area contributed by atoms with Crippen LogP contribution < -0.4 is 10.5 Å². The number of hydrogen-bond acceptors (Lipinski definition) is 9. The Bertz CT molecular complexity index is 1420. The Balaban J connectivity index is 1.71. The molecule has 5 rings (SSSR count). The van der Waals surface area contributed by atoms with Crippen LogP contribution in [0.2, 0.25) is 0 Å². The van der Waals surface area contributed by atoms with Crippen LogP contribution in [0.25, 0.3) is 16.9 Å². The largest absolute Gasteiger partial charge is 0.507 e. The van der Waals surface area contributed by atoms with E-state index in [9.17, 15) is 34.8 Å². The zero-order valence-electron chi connectivity index (χ0n) is 21.9. The van der Waals surface area contributed by atoms with Gasteiger partial charge in [-0.3, -0.25) is 14.4 Å². The smallest absolute Gasteiger partial charge is 0.230 e. The van der Waals surface area contributed by atoms with Gasteiger partial charge in [0.1, 0.15) is 23.2 Å². The van der Waals surface area contributed by atoms with Crippen LogP contribution in [0.5, 0.6) is 11.5 Å². The molecule has 2 aromatic rings. The monoisotopic (exact) mass is 536 g/mol. The summed E-state index contributed by atoms with van der Waals surface area (Å²) in [6.07, 6.45) is -1.27. The number of primary amides is 1. The fraction of sp³-hybridized carbons (Fsp3) is 0.414. The summed E-state index contributed by atoms with van der Waals surface area (Å²) in [6.45, 7) is 2.29. The van der Waals surface area contributed by atoms with Gasteiger partial charge >= 0.3 is 0 Å². The van der Waals surface area contributed by atoms with Gasteiger partial charge in [-0.25, -0.2) is 0 Å². The molecule has 0 aromatic heterocycles. The van der Waals surface area contributed by atoms with E-state index in [1.54, 1.807) is 25.1 Å². The lowest BCUT2D eigenvalue weighted by Crippen LogP contribution is -2.73. The molecule has 2 saturated carbocycles. The van der Waals surface area contributed by atoms with Gasteiger partial charge < -0.3 is 35.8 Å². The predicted octanol–water partition coefficient (Wildman–Crippen LogP) is 1.19. The molecular weight excluding hydrogens is 504 g/mol. The van der Waals surface area contributed by atoms with Crippen LogP contribution in [0.3, 0.4) is 0 Å². The molecule has 2 fully saturated rings. The second-order valence-electron chi connectivity index (χ2n) is 10.7. The average Bonchev–Trinajstić information content (AvgIpc) is 2.87. The number of amides is 1. The number of rotatable bonds is 5. The highest BCUT2D eigenvalue weighted by atomic mass is 16.5. The van der Waals surface area contributed by atoms with Crippen LogP contribution >= 0.6 is 0 Å². The number of para-hydroxylation sites is 1. The molecule has 6 N–H and O–H groups in total. The van der Waals surface area contributed by atoms with Crippen molar-refractivity contribution >= 4 is 23.2 Å². The van der Waals surface area contributed by atoms with Crippen molar-refractivity contribution in [1.29, 1.82) is 0 Å². The number of phenols is 1. The first-order valence-corrected chi connectivity index (χ1v) is 12.9. The van der Waals surface area contributed by atoms with E-state index >= 15 is 0 Å². The second-order valence-corrected chi connectivity index (χ2v) is 10.7. The minimum atomic E-state index is -2.68. The maximum absolute atomic E-state index is 14.0. The summed E-state index contributed by atoms with van der Waals surface area (Å²) in [4.78, 5) is 41.1. The quantitative estimate of drug-likeness (QED) is 0.352. The molecule has 0 bridgehead atoms. The van der Waals surface area contributed by atoms with E-state index in [0.29, 0.717) is 23.5 Å². The molecule has 3 aliphatic carbocycles. The first-order valence-electron chi connectivity index (χ1n) is 12.9. The van der Waals surface area contributed by atoms with Gasteiger partial charge in [0.25, 0.3) is 0 Å². The predicted molar refractivity (Wildman–Crippen MR) is 141 cm³/mol. The van der Waals surface area contributed by atoms with Crippen LogP contribution in [-0.2, 0) is 20.8 Å². The van der Waals surface area contributed by atoms with E-state index in [-0.39, 0.29) is 29.7 Å². The van der Waals surface area contributed by atoms with Gasteiger partial charge in [0.15, 0.2) is 11.4 Å². The lowest BCUT2D eigenvalue weighted by Gasteiger charge is -2.53. The summed E-state index contributed by atoms with van der Waals surface area (Å²) in [6, 6.07) is 9.55. The van der Waals surface area contributed by atoms with Crippen molar-refractivity contribution in [2.24, 2.45) is 23.5 Å². The number of ether oxygens (including phenoxy) is 1. The Morgan fingerprint density at radius 3 is 2.46 bits per heavy atom. The van der Waals surface area contributed by atoms with Crippen molar-refractivity contribution in [2.75, 3.05) is 20.7 Å². The molecule has 10 nitrogen and oxygen atoms in total. The number of likely N-dealkylation sites (N-methyl/N-ethyl adjacent to an activating group) is 1. The molecule has 2 unspecified atom stereocenters. The number of aromatic hydroxyl groups is 1. The number of benzene rings is 2. The molecule has 0 spiro atoms. The number of aliphatic hydroxyl groups excluding tert-OH is 2. The van der Waals surface area contributed by atoms with Crippen molar-refractivity contribution < 1.29 is 39.5 Å². The number of fused-ring (bicyclic) bond motifs is 3. The number of phenolic OH excluding ortho intramolecular Hbond substituents is 1. The SMILES string of the molecule is CCOc1ccccc1-c1ccc(O)c2c1C[C@H]1C[C@H]3[C@H](N(C)C)C(O)C(C(N)=O)C(=O)[C@@]3(O)C(=O)C1=C2O. The van der Waals surface area contributed by atoms with E-state index in [2.05, 4.69) is 0 Å². The van der Waals surface area contributed by atoms with Gasteiger partial charge in [-0.15, -0.1) is 0 Å². The van der Waals surface area contributed by atoms with Gasteiger partial charge in [-0.2, -0.15) is 0 Å². The molecule has 1 amide bonds. The number of Topliss-reactive ketones (excluding diaryl/α,β-unsaturated/α-hetero) is 2. The third-order valence-corrected chi connectivity index (χ3v) is 8.45. The number of aliphatic hydroxyl groups is 3. The number of hydrogen-bond donors (Lipinski definition) is 5. The normalized spacial score (nSPS) is 30.1. The molecule has 206 valence electrons. The number of carbonyl (C=O) groups excluding carboxylic acids is 3. The van der Waals surface area contributed by atoms with Gasteiger partial charge in [-0.05, 0) is 63.0 Å². The van der Waals surface area contributed by atoms with Gasteiger partial charge in [0.2, 0.25) is 11.7 Å². The first-order chi connectivity index (χ1) is 18.4. The van der Waals surface area contributed by atoms with E-state index in [1.807, 2.05) is 31.2 Å². The average molecular weight is 537 g/mol. The molecule has 39 heavy (non-hydrogen) atoms. The van der Waals surface area contributed by atoms with Crippen molar-refractivity contribution in [3.63, 3.8) is 0 Å². The molecule has 2 aromatic carbocycles. The lowest BCUT2D eigenvalue weighted by molar-refractivity contribution is -0.184. The topological polar surface area (TPSA) is 171 Å². The molecule has 0 radical (unpaired) electrons. The maximum Gasteiger partial charge on any atom is 0.230 e. The fourth-order valence-corrected chi connectivity index (χ4v) is 6.83. The van der Waals surface area contributed by atoms with Crippen molar-refractivity contribution in [1.82, 2.24) is 4.90 Å². The summed E-state index contributed by atoms with van der Waals surface area (Å²) in [5, 5.41) is 45.0. The third-order valence-electron chi connectivity index (χ3n) is 8.45. The molecule has 3 aliphatic rings. The Hall–Kier alpha value is -3.73. The summed E-state index contributed by atoms with van der Waals surface area (Å²) in [5.74, 6) is -7.05. The molecule has 6 atom stereocenters. The highest BCUT2D eigenvalue weighted by molar-refractivity contribution is 6.25. The molecule has 10 heteroatoms. The molecule has 0 saturated heterocycles. The Morgan fingerprint density at radius 2 is 1.82 bits per heavy atom. The lowest BCUT2D eigenvalue weighted by atomic mass is 9.54. The Morgan fingerprint density at radius 1 is 1.13 bits per heavy atom. The second kappa shape index (κ2) is 9.48. The van der Waals surface area contributed by atoms with E-state index in [1.165, 1.54) is 6.07 Å². The van der Waals surface area contributed by atoms with Gasteiger partial charge in [-0.1, -0.05) is 24.3 Å². The highest BCUT2D eigenvalue weighted by Crippen LogP contribution is 2.53. The van der Waals surface area contributed by atoms with Crippen LogP contribution in [0.15, 0.2) is 42.0 Å². The summed E-state index contributed by atoms with van der Waals surface area (Å²) in [5.41, 5.74) is 4.62. The minimum Gasteiger partial charge on any atom is -0.507 e. The van der Waals surface area contributed by atoms with Crippen LogP contribution in [0.1, 0.15) is 24.5 Å². The van der Waals surface area contributed by atoms with E-state index < -0.39 is 58.7 Å². The van der Waals surface area contributed by atoms with Crippen molar-refractivity contribution in [2.45, 2.75) is 37.5 Å². The zero-order chi connectivity index (χ0) is 28.4. The fourth-order valence-electron chi connectivity index (χ4n) is 6.83. The number of nitrogens with two attached hydrogens (primary N) is 1. The summed E-state index contributed by atoms with van der Waals surface area (Å²) < 4.78 is 5.81. The molecular formula is C29H32N2O8. The van der Waals surface area contributed by atoms with Crippen LogP contribution in [0.4, 0.5) is 0 Å². The highest BCUT2D eigenvalue weighted by Gasteiger charge is 2.67. The van der Waals surface area contributed by atoms with Crippen LogP contribution in [0, 0.1) is 17.8 Å². The summed E-state index contributed by atoms with van der Waals surface area (Å²) in [7, 11) is 3.23.